The molecule has 3 nitrogen and oxygen atoms in total. The molecule has 1 aromatic rings. The summed E-state index contributed by atoms with van der Waals surface area (Å²) in [5, 5.41) is 16.4. The van der Waals surface area contributed by atoms with Gasteiger partial charge in [0.2, 0.25) is 0 Å². The first-order valence-electron chi connectivity index (χ1n) is 5.71. The highest BCUT2D eigenvalue weighted by Gasteiger charge is 2.03. The van der Waals surface area contributed by atoms with Crippen LogP contribution in [-0.2, 0) is 6.54 Å². The first-order valence-corrected chi connectivity index (χ1v) is 6.46. The molecule has 0 atom stereocenters. The summed E-state index contributed by atoms with van der Waals surface area (Å²) in [4.78, 5) is 0. The second-order valence-corrected chi connectivity index (χ2v) is 4.52. The Kier molecular flexibility index (Phi) is 7.56. The van der Waals surface area contributed by atoms with Gasteiger partial charge in [-0.3, -0.25) is 0 Å². The Bertz CT molecular complexity index is 314. The minimum atomic E-state index is 0.183. The lowest BCUT2D eigenvalue weighted by Gasteiger charge is -2.08. The molecule has 1 aromatic carbocycles. The third-order valence-corrected chi connectivity index (χ3v) is 3.07. The van der Waals surface area contributed by atoms with Crippen molar-refractivity contribution in [3.63, 3.8) is 0 Å². The first-order chi connectivity index (χ1) is 8.25. The van der Waals surface area contributed by atoms with Crippen LogP contribution in [0.25, 0.3) is 0 Å². The summed E-state index contributed by atoms with van der Waals surface area (Å²) in [6.45, 7) is 3.29. The van der Waals surface area contributed by atoms with Gasteiger partial charge in [-0.05, 0) is 31.6 Å². The van der Waals surface area contributed by atoms with Gasteiger partial charge in [-0.2, -0.15) is 0 Å². The van der Waals surface area contributed by atoms with Crippen molar-refractivity contribution in [2.75, 3.05) is 26.2 Å². The molecule has 0 aliphatic rings. The SMILES string of the molecule is OCCNCCCNCc1c(Cl)cccc1Cl. The number of halogens is 2. The van der Waals surface area contributed by atoms with E-state index in [0.717, 1.165) is 25.1 Å². The van der Waals surface area contributed by atoms with Crippen LogP contribution in [0.3, 0.4) is 0 Å². The van der Waals surface area contributed by atoms with Crippen molar-refractivity contribution in [3.05, 3.63) is 33.8 Å². The second kappa shape index (κ2) is 8.72. The molecule has 0 bridgehead atoms. The highest BCUT2D eigenvalue weighted by Crippen LogP contribution is 2.23. The topological polar surface area (TPSA) is 44.3 Å². The zero-order valence-electron chi connectivity index (χ0n) is 9.68. The Morgan fingerprint density at radius 1 is 1.00 bits per heavy atom. The molecule has 3 N–H and O–H groups in total. The molecule has 1 rings (SSSR count). The van der Waals surface area contributed by atoms with Gasteiger partial charge < -0.3 is 15.7 Å². The van der Waals surface area contributed by atoms with Crippen molar-refractivity contribution >= 4 is 23.2 Å². The molecule has 0 saturated heterocycles. The van der Waals surface area contributed by atoms with E-state index in [1.54, 1.807) is 0 Å². The molecule has 0 aliphatic heterocycles. The van der Waals surface area contributed by atoms with Crippen molar-refractivity contribution in [2.45, 2.75) is 13.0 Å². The molecular formula is C12H18Cl2N2O. The van der Waals surface area contributed by atoms with E-state index < -0.39 is 0 Å². The normalized spacial score (nSPS) is 10.8. The van der Waals surface area contributed by atoms with E-state index in [-0.39, 0.29) is 6.61 Å². The fraction of sp³-hybridized carbons (Fsp3) is 0.500. The average molecular weight is 277 g/mol. The lowest BCUT2D eigenvalue weighted by molar-refractivity contribution is 0.292. The predicted octanol–water partition coefficient (Wildman–Crippen LogP) is 2.05. The van der Waals surface area contributed by atoms with Gasteiger partial charge in [-0.1, -0.05) is 29.3 Å². The van der Waals surface area contributed by atoms with Gasteiger partial charge in [0, 0.05) is 28.7 Å². The molecule has 17 heavy (non-hydrogen) atoms. The van der Waals surface area contributed by atoms with Gasteiger partial charge in [0.05, 0.1) is 6.61 Å². The maximum Gasteiger partial charge on any atom is 0.0555 e. The number of nitrogens with one attached hydrogen (secondary N) is 2. The molecule has 0 saturated carbocycles. The lowest BCUT2D eigenvalue weighted by atomic mass is 10.2. The number of rotatable bonds is 8. The second-order valence-electron chi connectivity index (χ2n) is 3.70. The largest absolute Gasteiger partial charge is 0.395 e. The van der Waals surface area contributed by atoms with Gasteiger partial charge in [0.1, 0.15) is 0 Å². The highest BCUT2D eigenvalue weighted by molar-refractivity contribution is 6.35. The lowest BCUT2D eigenvalue weighted by Crippen LogP contribution is -2.24. The van der Waals surface area contributed by atoms with Crippen LogP contribution in [-0.4, -0.2) is 31.3 Å². The molecule has 0 aliphatic carbocycles. The minimum absolute atomic E-state index is 0.183. The van der Waals surface area contributed by atoms with Crippen molar-refractivity contribution < 1.29 is 5.11 Å². The predicted molar refractivity (Wildman–Crippen MR) is 72.7 cm³/mol. The molecule has 0 amide bonds. The number of hydrogen-bond acceptors (Lipinski definition) is 3. The molecule has 0 spiro atoms. The van der Waals surface area contributed by atoms with Crippen LogP contribution in [0, 0.1) is 0 Å². The maximum atomic E-state index is 8.57. The van der Waals surface area contributed by atoms with Gasteiger partial charge in [0.15, 0.2) is 0 Å². The summed E-state index contributed by atoms with van der Waals surface area (Å²) in [6.07, 6.45) is 1.00. The van der Waals surface area contributed by atoms with E-state index in [2.05, 4.69) is 10.6 Å². The summed E-state index contributed by atoms with van der Waals surface area (Å²) >= 11 is 12.1. The van der Waals surface area contributed by atoms with Gasteiger partial charge in [-0.25, -0.2) is 0 Å². The van der Waals surface area contributed by atoms with Crippen molar-refractivity contribution in [2.24, 2.45) is 0 Å². The van der Waals surface area contributed by atoms with Gasteiger partial charge >= 0.3 is 0 Å². The van der Waals surface area contributed by atoms with Crippen LogP contribution in [0.15, 0.2) is 18.2 Å². The maximum absolute atomic E-state index is 8.57. The summed E-state index contributed by atoms with van der Waals surface area (Å²) < 4.78 is 0. The molecule has 0 unspecified atom stereocenters. The van der Waals surface area contributed by atoms with E-state index in [1.165, 1.54) is 0 Å². The zero-order valence-corrected chi connectivity index (χ0v) is 11.2. The molecule has 0 radical (unpaired) electrons. The first kappa shape index (κ1) is 14.7. The van der Waals surface area contributed by atoms with Crippen molar-refractivity contribution in [3.8, 4) is 0 Å². The molecule has 5 heteroatoms. The molecule has 0 heterocycles. The van der Waals surface area contributed by atoms with Gasteiger partial charge in [0.25, 0.3) is 0 Å². The van der Waals surface area contributed by atoms with E-state index in [9.17, 15) is 0 Å². The fourth-order valence-corrected chi connectivity index (χ4v) is 1.99. The van der Waals surface area contributed by atoms with Crippen LogP contribution >= 0.6 is 23.2 Å². The van der Waals surface area contributed by atoms with E-state index in [0.29, 0.717) is 23.1 Å². The Hall–Kier alpha value is -0.320. The number of aliphatic hydroxyl groups excluding tert-OH is 1. The summed E-state index contributed by atoms with van der Waals surface area (Å²) in [5.41, 5.74) is 0.944. The Morgan fingerprint density at radius 2 is 1.65 bits per heavy atom. The molecule has 0 aromatic heterocycles. The summed E-state index contributed by atoms with van der Waals surface area (Å²) in [5.74, 6) is 0. The molecular weight excluding hydrogens is 259 g/mol. The van der Waals surface area contributed by atoms with E-state index >= 15 is 0 Å². The van der Waals surface area contributed by atoms with Crippen LogP contribution in [0.4, 0.5) is 0 Å². The van der Waals surface area contributed by atoms with Crippen LogP contribution < -0.4 is 10.6 Å². The third kappa shape index (κ3) is 5.70. The smallest absolute Gasteiger partial charge is 0.0555 e. The minimum Gasteiger partial charge on any atom is -0.395 e. The Labute approximate surface area is 112 Å². The number of benzene rings is 1. The quantitative estimate of drug-likeness (QED) is 0.637. The fourth-order valence-electron chi connectivity index (χ4n) is 1.46. The molecule has 0 fully saturated rings. The summed E-state index contributed by atoms with van der Waals surface area (Å²) in [6, 6.07) is 5.52. The van der Waals surface area contributed by atoms with E-state index in [1.807, 2.05) is 18.2 Å². The number of aliphatic hydroxyl groups is 1. The Balaban J connectivity index is 2.18. The zero-order chi connectivity index (χ0) is 12.5. The number of hydrogen-bond donors (Lipinski definition) is 3. The average Bonchev–Trinajstić information content (AvgIpc) is 2.31. The van der Waals surface area contributed by atoms with E-state index in [4.69, 9.17) is 28.3 Å². The molecule has 96 valence electrons. The van der Waals surface area contributed by atoms with Crippen molar-refractivity contribution in [1.82, 2.24) is 10.6 Å². The van der Waals surface area contributed by atoms with Crippen LogP contribution in [0.2, 0.25) is 10.0 Å². The van der Waals surface area contributed by atoms with Crippen LogP contribution in [0.5, 0.6) is 0 Å². The summed E-state index contributed by atoms with van der Waals surface area (Å²) in [7, 11) is 0. The van der Waals surface area contributed by atoms with Crippen molar-refractivity contribution in [1.29, 1.82) is 0 Å². The van der Waals surface area contributed by atoms with Gasteiger partial charge in [-0.15, -0.1) is 0 Å². The third-order valence-electron chi connectivity index (χ3n) is 2.36. The standard InChI is InChI=1S/C12H18Cl2N2O/c13-11-3-1-4-12(14)10(11)9-16-6-2-5-15-7-8-17/h1,3-4,15-17H,2,5-9H2. The van der Waals surface area contributed by atoms with Crippen LogP contribution in [0.1, 0.15) is 12.0 Å². The Morgan fingerprint density at radius 3 is 2.29 bits per heavy atom. The highest BCUT2D eigenvalue weighted by atomic mass is 35.5. The monoisotopic (exact) mass is 276 g/mol.